The smallest absolute Gasteiger partial charge is 0.235 e. The normalized spacial score (nSPS) is 24.2. The van der Waals surface area contributed by atoms with Gasteiger partial charge in [0.05, 0.1) is 32.0 Å². The Labute approximate surface area is 140 Å². The number of nitrogens with zero attached hydrogens (tertiary/aromatic N) is 4. The summed E-state index contributed by atoms with van der Waals surface area (Å²) in [5.74, 6) is 0.619. The zero-order valence-electron chi connectivity index (χ0n) is 14.0. The highest BCUT2D eigenvalue weighted by Crippen LogP contribution is 2.23. The Morgan fingerprint density at radius 1 is 1.29 bits per heavy atom. The van der Waals surface area contributed by atoms with E-state index in [-0.39, 0.29) is 23.8 Å². The van der Waals surface area contributed by atoms with Gasteiger partial charge < -0.3 is 19.3 Å². The van der Waals surface area contributed by atoms with Gasteiger partial charge in [0.15, 0.2) is 0 Å². The second-order valence-electron chi connectivity index (χ2n) is 6.24. The van der Waals surface area contributed by atoms with Crippen molar-refractivity contribution < 1.29 is 19.1 Å². The minimum Gasteiger partial charge on any atom is -0.480 e. The number of piperidine rings is 1. The number of rotatable bonds is 4. The summed E-state index contributed by atoms with van der Waals surface area (Å²) >= 11 is 0. The molecule has 0 radical (unpaired) electrons. The Morgan fingerprint density at radius 3 is 2.79 bits per heavy atom. The van der Waals surface area contributed by atoms with Gasteiger partial charge >= 0.3 is 0 Å². The molecule has 2 amide bonds. The summed E-state index contributed by atoms with van der Waals surface area (Å²) in [6.07, 6.45) is 4.94. The van der Waals surface area contributed by atoms with E-state index in [1.54, 1.807) is 16.8 Å². The predicted octanol–water partition coefficient (Wildman–Crippen LogP) is 0.333. The number of amides is 2. The van der Waals surface area contributed by atoms with Crippen LogP contribution in [0.25, 0.3) is 0 Å². The molecule has 8 heteroatoms. The summed E-state index contributed by atoms with van der Waals surface area (Å²) in [5.41, 5.74) is 0. The fourth-order valence-corrected chi connectivity index (χ4v) is 3.18. The Balaban J connectivity index is 1.59. The van der Waals surface area contributed by atoms with E-state index in [9.17, 15) is 9.59 Å². The number of hydrogen-bond donors (Lipinski definition) is 0. The molecule has 2 saturated heterocycles. The number of likely N-dealkylation sites (tertiary alicyclic amines) is 2. The molecule has 0 saturated carbocycles. The number of methoxy groups -OCH3 is 1. The van der Waals surface area contributed by atoms with Gasteiger partial charge in [-0.1, -0.05) is 0 Å². The van der Waals surface area contributed by atoms with Gasteiger partial charge in [0, 0.05) is 26.6 Å². The lowest BCUT2D eigenvalue weighted by Crippen LogP contribution is -2.47. The van der Waals surface area contributed by atoms with Crippen molar-refractivity contribution in [2.24, 2.45) is 5.92 Å². The minimum atomic E-state index is -0.238. The Kier molecular flexibility index (Phi) is 4.82. The number of ether oxygens (including phenoxy) is 2. The molecule has 2 fully saturated rings. The molecule has 0 spiro atoms. The van der Waals surface area contributed by atoms with Crippen LogP contribution in [0.2, 0.25) is 0 Å². The summed E-state index contributed by atoms with van der Waals surface area (Å²) < 4.78 is 10.9. The maximum absolute atomic E-state index is 12.6. The third-order valence-electron chi connectivity index (χ3n) is 4.47. The van der Waals surface area contributed by atoms with E-state index in [0.717, 1.165) is 12.8 Å². The Hall–Kier alpha value is -2.38. The molecular weight excluding hydrogens is 312 g/mol. The minimum absolute atomic E-state index is 0.0322. The van der Waals surface area contributed by atoms with Crippen LogP contribution >= 0.6 is 0 Å². The first-order valence-electron chi connectivity index (χ1n) is 8.12. The molecule has 0 N–H and O–H groups in total. The van der Waals surface area contributed by atoms with E-state index in [2.05, 4.69) is 9.97 Å². The fourth-order valence-electron chi connectivity index (χ4n) is 3.18. The highest BCUT2D eigenvalue weighted by Gasteiger charge is 2.36. The molecule has 3 heterocycles. The lowest BCUT2D eigenvalue weighted by Gasteiger charge is -2.34. The van der Waals surface area contributed by atoms with E-state index in [1.807, 2.05) is 0 Å². The first-order chi connectivity index (χ1) is 11.6. The molecule has 1 aromatic heterocycles. The average molecular weight is 334 g/mol. The molecule has 24 heavy (non-hydrogen) atoms. The summed E-state index contributed by atoms with van der Waals surface area (Å²) in [6, 6.07) is 0. The number of aromatic nitrogens is 2. The highest BCUT2D eigenvalue weighted by atomic mass is 16.5. The van der Waals surface area contributed by atoms with E-state index < -0.39 is 0 Å². The van der Waals surface area contributed by atoms with Gasteiger partial charge in [-0.25, -0.2) is 0 Å². The molecule has 3 rings (SSSR count). The molecule has 1 aromatic rings. The highest BCUT2D eigenvalue weighted by molar-refractivity contribution is 5.89. The third-order valence-corrected chi connectivity index (χ3v) is 4.47. The quantitative estimate of drug-likeness (QED) is 0.789. The van der Waals surface area contributed by atoms with Gasteiger partial charge in [0.25, 0.3) is 0 Å². The Bertz CT molecular complexity index is 624. The predicted molar refractivity (Wildman–Crippen MR) is 84.6 cm³/mol. The molecule has 130 valence electrons. The van der Waals surface area contributed by atoms with Crippen LogP contribution in [0.4, 0.5) is 0 Å². The van der Waals surface area contributed by atoms with Crippen LogP contribution in [-0.2, 0) is 9.59 Å². The summed E-state index contributed by atoms with van der Waals surface area (Å²) in [4.78, 5) is 35.9. The molecule has 2 aliphatic heterocycles. The molecule has 8 nitrogen and oxygen atoms in total. The zero-order chi connectivity index (χ0) is 17.1. The Morgan fingerprint density at radius 2 is 2.08 bits per heavy atom. The summed E-state index contributed by atoms with van der Waals surface area (Å²) in [6.45, 7) is 1.71. The number of carbonyl (C=O) groups excluding carboxylic acids is 2. The van der Waals surface area contributed by atoms with E-state index in [0.29, 0.717) is 37.8 Å². The number of carbonyl (C=O) groups is 2. The van der Waals surface area contributed by atoms with Crippen molar-refractivity contribution in [1.29, 1.82) is 0 Å². The molecular formula is C16H22N4O4. The molecule has 2 atom stereocenters. The summed E-state index contributed by atoms with van der Waals surface area (Å²) in [7, 11) is 3.26. The van der Waals surface area contributed by atoms with Crippen LogP contribution in [0.1, 0.15) is 19.3 Å². The maximum Gasteiger partial charge on any atom is 0.235 e. The van der Waals surface area contributed by atoms with Crippen molar-refractivity contribution in [3.8, 4) is 11.8 Å². The van der Waals surface area contributed by atoms with Crippen molar-refractivity contribution in [1.82, 2.24) is 19.8 Å². The van der Waals surface area contributed by atoms with Crippen molar-refractivity contribution in [2.75, 3.05) is 33.8 Å². The first-order valence-corrected chi connectivity index (χ1v) is 8.12. The third kappa shape index (κ3) is 3.58. The van der Waals surface area contributed by atoms with E-state index >= 15 is 0 Å². The van der Waals surface area contributed by atoms with Crippen molar-refractivity contribution in [2.45, 2.75) is 25.4 Å². The molecule has 0 bridgehead atoms. The SMILES string of the molecule is COc1cncc(OC2CCCN(C(=O)C3CC(=O)N(C)C3)C2)n1. The van der Waals surface area contributed by atoms with Gasteiger partial charge in [-0.15, -0.1) is 0 Å². The van der Waals surface area contributed by atoms with Gasteiger partial charge in [-0.3, -0.25) is 14.6 Å². The van der Waals surface area contributed by atoms with Gasteiger partial charge in [0.2, 0.25) is 23.6 Å². The standard InChI is InChI=1S/C16H22N4O4/c1-19-9-11(6-15(19)21)16(22)20-5-3-4-12(10-20)24-14-8-17-7-13(18-14)23-2/h7-8,11-12H,3-6,9-10H2,1-2H3. The summed E-state index contributed by atoms with van der Waals surface area (Å²) in [5, 5.41) is 0. The van der Waals surface area contributed by atoms with Crippen molar-refractivity contribution in [3.63, 3.8) is 0 Å². The van der Waals surface area contributed by atoms with E-state index in [1.165, 1.54) is 19.5 Å². The zero-order valence-corrected chi connectivity index (χ0v) is 14.0. The van der Waals surface area contributed by atoms with Crippen LogP contribution in [0.5, 0.6) is 11.8 Å². The lowest BCUT2D eigenvalue weighted by molar-refractivity contribution is -0.138. The van der Waals surface area contributed by atoms with Crippen molar-refractivity contribution in [3.05, 3.63) is 12.4 Å². The first kappa shape index (κ1) is 16.5. The molecule has 2 unspecified atom stereocenters. The van der Waals surface area contributed by atoms with Crippen LogP contribution in [0, 0.1) is 5.92 Å². The van der Waals surface area contributed by atoms with E-state index in [4.69, 9.17) is 9.47 Å². The molecule has 2 aliphatic rings. The second-order valence-corrected chi connectivity index (χ2v) is 6.24. The largest absolute Gasteiger partial charge is 0.480 e. The fraction of sp³-hybridized carbons (Fsp3) is 0.625. The number of hydrogen-bond acceptors (Lipinski definition) is 6. The van der Waals surface area contributed by atoms with Crippen LogP contribution in [0.3, 0.4) is 0 Å². The van der Waals surface area contributed by atoms with Crippen molar-refractivity contribution >= 4 is 11.8 Å². The topological polar surface area (TPSA) is 84.9 Å². The average Bonchev–Trinajstić information content (AvgIpc) is 2.93. The van der Waals surface area contributed by atoms with Crippen LogP contribution in [0.15, 0.2) is 12.4 Å². The van der Waals surface area contributed by atoms with Gasteiger partial charge in [-0.2, -0.15) is 4.98 Å². The second kappa shape index (κ2) is 7.02. The van der Waals surface area contributed by atoms with Gasteiger partial charge in [-0.05, 0) is 12.8 Å². The maximum atomic E-state index is 12.6. The van der Waals surface area contributed by atoms with Crippen LogP contribution in [-0.4, -0.2) is 71.5 Å². The van der Waals surface area contributed by atoms with Gasteiger partial charge in [0.1, 0.15) is 6.10 Å². The monoisotopic (exact) mass is 334 g/mol. The lowest BCUT2D eigenvalue weighted by atomic mass is 10.0. The van der Waals surface area contributed by atoms with Crippen LogP contribution < -0.4 is 9.47 Å². The molecule has 0 aromatic carbocycles. The molecule has 0 aliphatic carbocycles.